The summed E-state index contributed by atoms with van der Waals surface area (Å²) in [5, 5.41) is 0. The number of hydrogen-bond acceptors (Lipinski definition) is 3. The van der Waals surface area contributed by atoms with Crippen molar-refractivity contribution in [2.45, 2.75) is 26.9 Å². The summed E-state index contributed by atoms with van der Waals surface area (Å²) in [5.41, 5.74) is 1.75. The van der Waals surface area contributed by atoms with Gasteiger partial charge in [0.05, 0.1) is 0 Å². The van der Waals surface area contributed by atoms with E-state index in [4.69, 9.17) is 4.98 Å². The van der Waals surface area contributed by atoms with Crippen molar-refractivity contribution in [3.05, 3.63) is 43.0 Å². The van der Waals surface area contributed by atoms with Crippen LogP contribution in [0.3, 0.4) is 0 Å². The summed E-state index contributed by atoms with van der Waals surface area (Å²) >= 11 is 0. The smallest absolute Gasteiger partial charge is 1.00 e. The maximum Gasteiger partial charge on any atom is 3.00 e. The summed E-state index contributed by atoms with van der Waals surface area (Å²) in [7, 11) is 0. The van der Waals surface area contributed by atoms with E-state index in [-0.39, 0.29) is 54.0 Å². The van der Waals surface area contributed by atoms with E-state index in [1.807, 2.05) is 30.6 Å². The van der Waals surface area contributed by atoms with Crippen molar-refractivity contribution >= 4 is 0 Å². The number of hydrogen-bond donors (Lipinski definition) is 0. The van der Waals surface area contributed by atoms with Crippen LogP contribution in [-0.4, -0.2) is 24.1 Å². The van der Waals surface area contributed by atoms with E-state index >= 15 is 0 Å². The van der Waals surface area contributed by atoms with E-state index in [9.17, 15) is 0 Å². The number of aryl methyl sites for hydroxylation is 2. The van der Waals surface area contributed by atoms with Crippen LogP contribution in [0.15, 0.2) is 43.0 Å². The zero-order valence-corrected chi connectivity index (χ0v) is 16.5. The molecule has 0 spiro atoms. The first-order chi connectivity index (χ1) is 9.83. The average Bonchev–Trinajstić information content (AvgIpc) is 3.15. The fourth-order valence-corrected chi connectivity index (χ4v) is 2.28. The maximum absolute atomic E-state index is 4.71. The normalized spacial score (nSPS) is 9.08. The Morgan fingerprint density at radius 1 is 0.792 bits per heavy atom. The Labute approximate surface area is 170 Å². The SMILES string of the molecule is CCn1ccnc1-c1cccc(-c2nccn2CC)n1.[Cl-].[Cl-].[Cl-].[Co+3]. The van der Waals surface area contributed by atoms with Crippen LogP contribution in [0.2, 0.25) is 0 Å². The number of pyridine rings is 1. The number of aromatic nitrogens is 5. The Bertz CT molecular complexity index is 672. The predicted octanol–water partition coefficient (Wildman–Crippen LogP) is -6.14. The molecular formula is C15H17Cl3CoN5. The van der Waals surface area contributed by atoms with Crippen molar-refractivity contribution < 1.29 is 54.0 Å². The number of rotatable bonds is 4. The van der Waals surface area contributed by atoms with E-state index in [2.05, 4.69) is 32.9 Å². The van der Waals surface area contributed by atoms with Crippen molar-refractivity contribution in [3.8, 4) is 23.0 Å². The van der Waals surface area contributed by atoms with Gasteiger partial charge in [-0.2, -0.15) is 0 Å². The first-order valence-corrected chi connectivity index (χ1v) is 6.83. The molecular weight excluding hydrogens is 415 g/mol. The van der Waals surface area contributed by atoms with Crippen molar-refractivity contribution in [1.29, 1.82) is 0 Å². The molecule has 3 rings (SSSR count). The Balaban J connectivity index is 0. The minimum absolute atomic E-state index is 0. The Kier molecular flexibility index (Phi) is 12.1. The van der Waals surface area contributed by atoms with E-state index in [1.165, 1.54) is 0 Å². The average molecular weight is 433 g/mol. The zero-order chi connectivity index (χ0) is 13.9. The zero-order valence-electron chi connectivity index (χ0n) is 13.2. The van der Waals surface area contributed by atoms with E-state index in [1.54, 1.807) is 12.4 Å². The van der Waals surface area contributed by atoms with Gasteiger partial charge in [0.15, 0.2) is 11.6 Å². The van der Waals surface area contributed by atoms with E-state index < -0.39 is 0 Å². The van der Waals surface area contributed by atoms with Crippen LogP contribution in [0.4, 0.5) is 0 Å². The molecule has 5 nitrogen and oxygen atoms in total. The molecule has 9 heteroatoms. The van der Waals surface area contributed by atoms with Gasteiger partial charge in [-0.3, -0.25) is 0 Å². The molecule has 0 fully saturated rings. The molecule has 0 saturated heterocycles. The minimum atomic E-state index is 0. The summed E-state index contributed by atoms with van der Waals surface area (Å²) in [6.45, 7) is 5.95. The fraction of sp³-hybridized carbons (Fsp3) is 0.267. The Morgan fingerprint density at radius 2 is 1.21 bits per heavy atom. The molecule has 3 aromatic rings. The fourth-order valence-electron chi connectivity index (χ4n) is 2.28. The van der Waals surface area contributed by atoms with Gasteiger partial charge in [0.1, 0.15) is 11.4 Å². The van der Waals surface area contributed by atoms with Crippen LogP contribution in [0.5, 0.6) is 0 Å². The Hall–Kier alpha value is -1.05. The minimum Gasteiger partial charge on any atom is -1.00 e. The summed E-state index contributed by atoms with van der Waals surface area (Å²) in [6.07, 6.45) is 7.55. The van der Waals surface area contributed by atoms with E-state index in [0.717, 1.165) is 36.1 Å². The summed E-state index contributed by atoms with van der Waals surface area (Å²) in [6, 6.07) is 5.97. The van der Waals surface area contributed by atoms with Crippen LogP contribution in [0.25, 0.3) is 23.0 Å². The molecule has 132 valence electrons. The van der Waals surface area contributed by atoms with Crippen LogP contribution in [-0.2, 0) is 29.9 Å². The maximum atomic E-state index is 4.71. The van der Waals surface area contributed by atoms with Gasteiger partial charge in [0.2, 0.25) is 0 Å². The summed E-state index contributed by atoms with van der Waals surface area (Å²) in [4.78, 5) is 13.5. The third kappa shape index (κ3) is 4.97. The van der Waals surface area contributed by atoms with Gasteiger partial charge in [0, 0.05) is 37.9 Å². The monoisotopic (exact) mass is 431 g/mol. The van der Waals surface area contributed by atoms with Crippen molar-refractivity contribution in [2.75, 3.05) is 0 Å². The molecule has 0 aliphatic rings. The standard InChI is InChI=1S/C15H17N5.3ClH.Co/c1-3-19-10-8-16-14(19)12-6-5-7-13(18-12)15-17-9-11-20(15)4-2;;;;/h5-11H,3-4H2,1-2H3;3*1H;/q;;;;+3/p-3. The molecule has 0 atom stereocenters. The number of nitrogens with zero attached hydrogens (tertiary/aromatic N) is 5. The number of halogens is 3. The topological polar surface area (TPSA) is 48.5 Å². The van der Waals surface area contributed by atoms with Crippen molar-refractivity contribution in [1.82, 2.24) is 24.1 Å². The molecule has 0 aliphatic heterocycles. The third-order valence-electron chi connectivity index (χ3n) is 3.32. The third-order valence-corrected chi connectivity index (χ3v) is 3.32. The van der Waals surface area contributed by atoms with E-state index in [0.29, 0.717) is 0 Å². The van der Waals surface area contributed by atoms with Gasteiger partial charge < -0.3 is 46.4 Å². The molecule has 0 bridgehead atoms. The molecule has 0 amide bonds. The molecule has 0 aliphatic carbocycles. The second-order valence-electron chi connectivity index (χ2n) is 4.48. The molecule has 0 aromatic carbocycles. The first-order valence-electron chi connectivity index (χ1n) is 6.83. The van der Waals surface area contributed by atoms with Crippen LogP contribution < -0.4 is 37.2 Å². The van der Waals surface area contributed by atoms with Crippen molar-refractivity contribution in [2.24, 2.45) is 0 Å². The molecule has 0 unspecified atom stereocenters. The Morgan fingerprint density at radius 3 is 1.58 bits per heavy atom. The van der Waals surface area contributed by atoms with Crippen LogP contribution in [0.1, 0.15) is 13.8 Å². The van der Waals surface area contributed by atoms with Gasteiger partial charge in [0.25, 0.3) is 0 Å². The van der Waals surface area contributed by atoms with Crippen LogP contribution in [0, 0.1) is 0 Å². The van der Waals surface area contributed by atoms with Gasteiger partial charge in [-0.1, -0.05) is 6.07 Å². The molecule has 3 heterocycles. The van der Waals surface area contributed by atoms with Gasteiger partial charge >= 0.3 is 16.8 Å². The largest absolute Gasteiger partial charge is 3.00 e. The van der Waals surface area contributed by atoms with Gasteiger partial charge in [-0.05, 0) is 26.0 Å². The summed E-state index contributed by atoms with van der Waals surface area (Å²) < 4.78 is 4.16. The van der Waals surface area contributed by atoms with Crippen molar-refractivity contribution in [3.63, 3.8) is 0 Å². The molecule has 24 heavy (non-hydrogen) atoms. The number of imidazole rings is 2. The molecule has 3 aromatic heterocycles. The first kappa shape index (κ1) is 25.2. The molecule has 0 saturated carbocycles. The quantitative estimate of drug-likeness (QED) is 0.412. The predicted molar refractivity (Wildman–Crippen MR) is 78.0 cm³/mol. The molecule has 0 radical (unpaired) electrons. The second kappa shape index (κ2) is 11.5. The van der Waals surface area contributed by atoms with Crippen LogP contribution >= 0.6 is 0 Å². The summed E-state index contributed by atoms with van der Waals surface area (Å²) in [5.74, 6) is 1.79. The second-order valence-corrected chi connectivity index (χ2v) is 4.48. The van der Waals surface area contributed by atoms with Gasteiger partial charge in [-0.25, -0.2) is 15.0 Å². The molecule has 0 N–H and O–H groups in total. The van der Waals surface area contributed by atoms with Gasteiger partial charge in [-0.15, -0.1) is 0 Å².